The third-order valence-corrected chi connectivity index (χ3v) is 3.22. The lowest BCUT2D eigenvalue weighted by atomic mass is 10.5. The molecule has 10 heteroatoms. The van der Waals surface area contributed by atoms with Crippen LogP contribution in [0.15, 0.2) is 0 Å². The molecule has 0 rings (SSSR count). The van der Waals surface area contributed by atoms with Gasteiger partial charge < -0.3 is 37.9 Å². The molecule has 0 amide bonds. The Balaban J connectivity index is 3.05. The molecule has 0 fully saturated rings. The first-order chi connectivity index (χ1) is 13.7. The summed E-state index contributed by atoms with van der Waals surface area (Å²) in [6.07, 6.45) is 0.491. The highest BCUT2D eigenvalue weighted by molar-refractivity contribution is 5.69. The molecule has 0 saturated heterocycles. The second-order valence-corrected chi connectivity index (χ2v) is 5.33. The fraction of sp³-hybridized carbons (Fsp3) is 0.889. The van der Waals surface area contributed by atoms with E-state index >= 15 is 0 Å². The van der Waals surface area contributed by atoms with E-state index in [-0.39, 0.29) is 24.8 Å². The van der Waals surface area contributed by atoms with Crippen LogP contribution in [-0.4, -0.2) is 105 Å². The average molecular weight is 410 g/mol. The minimum Gasteiger partial charge on any atom is -0.469 e. The van der Waals surface area contributed by atoms with Crippen LogP contribution < -0.4 is 0 Å². The number of hydrogen-bond donors (Lipinski definition) is 0. The van der Waals surface area contributed by atoms with E-state index in [1.165, 1.54) is 14.2 Å². The van der Waals surface area contributed by atoms with Gasteiger partial charge in [-0.3, -0.25) is 9.59 Å². The van der Waals surface area contributed by atoms with Gasteiger partial charge >= 0.3 is 11.9 Å². The van der Waals surface area contributed by atoms with Gasteiger partial charge in [-0.1, -0.05) is 0 Å². The SMILES string of the molecule is COC(=O)CCOCCOCCOCCOCCOCCOCCC(=O)OC. The Hall–Kier alpha value is -1.30. The van der Waals surface area contributed by atoms with Crippen molar-refractivity contribution in [1.29, 1.82) is 0 Å². The van der Waals surface area contributed by atoms with Crippen LogP contribution in [0.3, 0.4) is 0 Å². The lowest BCUT2D eigenvalue weighted by Crippen LogP contribution is -2.14. The third-order valence-electron chi connectivity index (χ3n) is 3.22. The molecular formula is C18H34O10. The van der Waals surface area contributed by atoms with E-state index in [4.69, 9.17) is 28.4 Å². The normalized spacial score (nSPS) is 10.8. The van der Waals surface area contributed by atoms with E-state index in [1.807, 2.05) is 0 Å². The van der Waals surface area contributed by atoms with Crippen molar-refractivity contribution in [2.45, 2.75) is 12.8 Å². The van der Waals surface area contributed by atoms with Gasteiger partial charge in [-0.15, -0.1) is 0 Å². The summed E-state index contributed by atoms with van der Waals surface area (Å²) < 4.78 is 40.8. The molecule has 0 unspecified atom stereocenters. The summed E-state index contributed by atoms with van der Waals surface area (Å²) in [5.74, 6) is -0.575. The van der Waals surface area contributed by atoms with Gasteiger partial charge in [-0.05, 0) is 0 Å². The van der Waals surface area contributed by atoms with Gasteiger partial charge in [0.1, 0.15) is 0 Å². The van der Waals surface area contributed by atoms with Crippen LogP contribution in [0.4, 0.5) is 0 Å². The standard InChI is InChI=1S/C18H34O10/c1-21-17(19)3-5-23-7-9-25-11-13-27-15-16-28-14-12-26-10-8-24-6-4-18(20)22-2/h3-16H2,1-2H3. The van der Waals surface area contributed by atoms with Crippen LogP contribution in [0.1, 0.15) is 12.8 Å². The van der Waals surface area contributed by atoms with E-state index in [1.54, 1.807) is 0 Å². The molecule has 0 aromatic rings. The number of esters is 2. The van der Waals surface area contributed by atoms with Gasteiger partial charge in [-0.25, -0.2) is 0 Å². The van der Waals surface area contributed by atoms with Crippen LogP contribution in [-0.2, 0) is 47.5 Å². The minimum absolute atomic E-state index is 0.246. The molecule has 166 valence electrons. The smallest absolute Gasteiger partial charge is 0.307 e. The number of hydrogen-bond acceptors (Lipinski definition) is 10. The Labute approximate surface area is 166 Å². The number of carbonyl (C=O) groups is 2. The van der Waals surface area contributed by atoms with Crippen LogP contribution in [0.25, 0.3) is 0 Å². The highest BCUT2D eigenvalue weighted by atomic mass is 16.6. The Morgan fingerprint density at radius 3 is 0.857 bits per heavy atom. The summed E-state index contributed by atoms with van der Waals surface area (Å²) in [5.41, 5.74) is 0. The maximum Gasteiger partial charge on any atom is 0.307 e. The van der Waals surface area contributed by atoms with Crippen molar-refractivity contribution in [2.75, 3.05) is 93.5 Å². The molecule has 0 radical (unpaired) electrons. The molecule has 0 aromatic heterocycles. The van der Waals surface area contributed by atoms with Gasteiger partial charge in [0.25, 0.3) is 0 Å². The fourth-order valence-electron chi connectivity index (χ4n) is 1.72. The Morgan fingerprint density at radius 1 is 0.429 bits per heavy atom. The van der Waals surface area contributed by atoms with Gasteiger partial charge in [0.15, 0.2) is 0 Å². The van der Waals surface area contributed by atoms with Crippen LogP contribution >= 0.6 is 0 Å². The van der Waals surface area contributed by atoms with Crippen molar-refractivity contribution in [3.05, 3.63) is 0 Å². The van der Waals surface area contributed by atoms with Crippen molar-refractivity contribution in [3.8, 4) is 0 Å². The molecule has 0 N–H and O–H groups in total. The molecule has 0 aromatic carbocycles. The Kier molecular flexibility index (Phi) is 21.0. The van der Waals surface area contributed by atoms with Gasteiger partial charge in [-0.2, -0.15) is 0 Å². The molecule has 0 atom stereocenters. The average Bonchev–Trinajstić information content (AvgIpc) is 2.71. The van der Waals surface area contributed by atoms with E-state index in [2.05, 4.69) is 9.47 Å². The summed E-state index contributed by atoms with van der Waals surface area (Å²) in [7, 11) is 2.69. The van der Waals surface area contributed by atoms with Gasteiger partial charge in [0.05, 0.1) is 106 Å². The minimum atomic E-state index is -0.287. The second kappa shape index (κ2) is 22.0. The van der Waals surface area contributed by atoms with Crippen LogP contribution in [0, 0.1) is 0 Å². The van der Waals surface area contributed by atoms with Crippen molar-refractivity contribution >= 4 is 11.9 Å². The predicted octanol–water partition coefficient (Wildman–Crippen LogP) is 0.212. The Bertz CT molecular complexity index is 330. The van der Waals surface area contributed by atoms with Crippen molar-refractivity contribution < 1.29 is 47.5 Å². The number of ether oxygens (including phenoxy) is 8. The molecule has 0 aliphatic rings. The summed E-state index contributed by atoms with van der Waals surface area (Å²) in [5, 5.41) is 0. The first-order valence-electron chi connectivity index (χ1n) is 9.30. The fourth-order valence-corrected chi connectivity index (χ4v) is 1.72. The highest BCUT2D eigenvalue weighted by Gasteiger charge is 2.00. The monoisotopic (exact) mass is 410 g/mol. The molecule has 0 saturated carbocycles. The van der Waals surface area contributed by atoms with Crippen LogP contribution in [0.2, 0.25) is 0 Å². The molecule has 0 bridgehead atoms. The molecule has 0 spiro atoms. The summed E-state index contributed by atoms with van der Waals surface area (Å²) >= 11 is 0. The number of rotatable bonds is 21. The summed E-state index contributed by atoms with van der Waals surface area (Å²) in [6.45, 7) is 5.27. The summed E-state index contributed by atoms with van der Waals surface area (Å²) in [4.78, 5) is 21.7. The zero-order valence-electron chi connectivity index (χ0n) is 17.0. The van der Waals surface area contributed by atoms with Gasteiger partial charge in [0, 0.05) is 0 Å². The first-order valence-corrected chi connectivity index (χ1v) is 9.30. The van der Waals surface area contributed by atoms with E-state index in [0.717, 1.165) is 0 Å². The van der Waals surface area contributed by atoms with E-state index in [0.29, 0.717) is 79.3 Å². The predicted molar refractivity (Wildman–Crippen MR) is 98.2 cm³/mol. The maximum atomic E-state index is 10.8. The zero-order valence-corrected chi connectivity index (χ0v) is 17.0. The van der Waals surface area contributed by atoms with Crippen molar-refractivity contribution in [3.63, 3.8) is 0 Å². The lowest BCUT2D eigenvalue weighted by Gasteiger charge is -2.08. The lowest BCUT2D eigenvalue weighted by molar-refractivity contribution is -0.142. The number of methoxy groups -OCH3 is 2. The van der Waals surface area contributed by atoms with Crippen molar-refractivity contribution in [1.82, 2.24) is 0 Å². The quantitative estimate of drug-likeness (QED) is 0.192. The highest BCUT2D eigenvalue weighted by Crippen LogP contribution is 1.88. The third kappa shape index (κ3) is 21.0. The second-order valence-electron chi connectivity index (χ2n) is 5.33. The maximum absolute atomic E-state index is 10.8. The summed E-state index contributed by atoms with van der Waals surface area (Å²) in [6, 6.07) is 0. The molecule has 0 aliphatic carbocycles. The topological polar surface area (TPSA) is 108 Å². The molecular weight excluding hydrogens is 376 g/mol. The Morgan fingerprint density at radius 2 is 0.643 bits per heavy atom. The number of carbonyl (C=O) groups excluding carboxylic acids is 2. The largest absolute Gasteiger partial charge is 0.469 e. The van der Waals surface area contributed by atoms with Crippen molar-refractivity contribution in [2.24, 2.45) is 0 Å². The molecule has 0 heterocycles. The van der Waals surface area contributed by atoms with Gasteiger partial charge in [0.2, 0.25) is 0 Å². The van der Waals surface area contributed by atoms with E-state index in [9.17, 15) is 9.59 Å². The molecule has 28 heavy (non-hydrogen) atoms. The molecule has 0 aliphatic heterocycles. The first kappa shape index (κ1) is 26.7. The molecule has 10 nitrogen and oxygen atoms in total. The van der Waals surface area contributed by atoms with E-state index < -0.39 is 0 Å². The zero-order chi connectivity index (χ0) is 20.7. The van der Waals surface area contributed by atoms with Crippen LogP contribution in [0.5, 0.6) is 0 Å².